The van der Waals surface area contributed by atoms with Gasteiger partial charge in [-0.1, -0.05) is 96.7 Å². The quantitative estimate of drug-likeness (QED) is 0.278. The van der Waals surface area contributed by atoms with Crippen molar-refractivity contribution in [3.63, 3.8) is 0 Å². The molecule has 0 aromatic heterocycles. The molecule has 0 aliphatic heterocycles. The van der Waals surface area contributed by atoms with E-state index in [9.17, 15) is 9.59 Å². The number of hydrogen-bond donors (Lipinski definition) is 1. The molecule has 7 heteroatoms. The van der Waals surface area contributed by atoms with Crippen molar-refractivity contribution in [2.24, 2.45) is 0 Å². The minimum atomic E-state index is -0.708. The molecule has 0 heterocycles. The van der Waals surface area contributed by atoms with Crippen molar-refractivity contribution in [3.8, 4) is 0 Å². The highest BCUT2D eigenvalue weighted by Crippen LogP contribution is 2.25. The second kappa shape index (κ2) is 13.5. The Morgan fingerprint density at radius 3 is 2.23 bits per heavy atom. The molecule has 3 aromatic carbocycles. The van der Waals surface area contributed by atoms with Crippen LogP contribution in [0.3, 0.4) is 0 Å². The highest BCUT2D eigenvalue weighted by Gasteiger charge is 2.30. The minimum absolute atomic E-state index is 0.135. The number of halogens is 3. The molecule has 1 N–H and O–H groups in total. The summed E-state index contributed by atoms with van der Waals surface area (Å²) in [5, 5.41) is 4.58. The number of unbranched alkanes of at least 4 members (excludes halogenated alkanes) is 1. The van der Waals surface area contributed by atoms with Crippen molar-refractivity contribution < 1.29 is 9.59 Å². The Bertz CT molecular complexity index is 1120. The lowest BCUT2D eigenvalue weighted by atomic mass is 10.0. The topological polar surface area (TPSA) is 49.4 Å². The van der Waals surface area contributed by atoms with Crippen molar-refractivity contribution in [2.45, 2.75) is 45.2 Å². The van der Waals surface area contributed by atoms with Gasteiger partial charge < -0.3 is 10.2 Å². The van der Waals surface area contributed by atoms with E-state index in [-0.39, 0.29) is 24.8 Å². The lowest BCUT2D eigenvalue weighted by Gasteiger charge is -2.32. The lowest BCUT2D eigenvalue weighted by molar-refractivity contribution is -0.140. The van der Waals surface area contributed by atoms with Gasteiger partial charge >= 0.3 is 0 Å². The number of nitrogens with one attached hydrogen (secondary N) is 1. The van der Waals surface area contributed by atoms with Gasteiger partial charge in [-0.25, -0.2) is 0 Å². The van der Waals surface area contributed by atoms with Gasteiger partial charge in [-0.05, 0) is 47.4 Å². The first-order chi connectivity index (χ1) is 16.9. The summed E-state index contributed by atoms with van der Waals surface area (Å²) in [7, 11) is 0. The Balaban J connectivity index is 1.96. The van der Waals surface area contributed by atoms with Crippen LogP contribution >= 0.6 is 34.8 Å². The number of nitrogens with zero attached hydrogens (tertiary/aromatic N) is 1. The van der Waals surface area contributed by atoms with Crippen LogP contribution in [0.2, 0.25) is 15.1 Å². The summed E-state index contributed by atoms with van der Waals surface area (Å²) in [5.74, 6) is -0.359. The molecule has 0 bridgehead atoms. The summed E-state index contributed by atoms with van der Waals surface area (Å²) in [6.45, 7) is 2.81. The number of rotatable bonds is 11. The molecule has 1 unspecified atom stereocenters. The van der Waals surface area contributed by atoms with Gasteiger partial charge in [0, 0.05) is 34.6 Å². The van der Waals surface area contributed by atoms with E-state index >= 15 is 0 Å². The normalized spacial score (nSPS) is 11.7. The Morgan fingerprint density at radius 1 is 0.886 bits per heavy atom. The van der Waals surface area contributed by atoms with Gasteiger partial charge in [-0.15, -0.1) is 0 Å². The van der Waals surface area contributed by atoms with Gasteiger partial charge in [-0.3, -0.25) is 9.59 Å². The third-order valence-electron chi connectivity index (χ3n) is 5.73. The van der Waals surface area contributed by atoms with E-state index < -0.39 is 6.04 Å². The minimum Gasteiger partial charge on any atom is -0.354 e. The van der Waals surface area contributed by atoms with Gasteiger partial charge in [0.2, 0.25) is 11.8 Å². The molecule has 35 heavy (non-hydrogen) atoms. The summed E-state index contributed by atoms with van der Waals surface area (Å²) >= 11 is 18.6. The predicted octanol–water partition coefficient (Wildman–Crippen LogP) is 6.75. The third-order valence-corrected chi connectivity index (χ3v) is 6.56. The molecule has 4 nitrogen and oxygen atoms in total. The van der Waals surface area contributed by atoms with E-state index in [4.69, 9.17) is 34.8 Å². The third kappa shape index (κ3) is 8.28. The molecule has 2 amide bonds. The van der Waals surface area contributed by atoms with Crippen molar-refractivity contribution >= 4 is 46.6 Å². The Labute approximate surface area is 222 Å². The molecule has 184 valence electrons. The summed E-state index contributed by atoms with van der Waals surface area (Å²) in [6, 6.07) is 21.3. The molecular weight excluding hydrogens is 503 g/mol. The van der Waals surface area contributed by atoms with Gasteiger partial charge in [-0.2, -0.15) is 0 Å². The maximum absolute atomic E-state index is 13.7. The molecular formula is C28H29Cl3N2O2. The Hall–Kier alpha value is -2.53. The average Bonchev–Trinajstić information content (AvgIpc) is 2.84. The van der Waals surface area contributed by atoms with Gasteiger partial charge in [0.05, 0.1) is 6.42 Å². The standard InChI is InChI=1S/C28H29Cl3N2O2/c1-2-3-15-32-28(35)26(16-20-7-5-4-6-8-20)33(19-22-11-14-24(30)18-25(22)31)27(34)17-21-9-12-23(29)13-10-21/h4-14,18,26H,2-3,15-17,19H2,1H3,(H,32,35). The van der Waals surface area contributed by atoms with Crippen molar-refractivity contribution in [1.82, 2.24) is 10.2 Å². The van der Waals surface area contributed by atoms with Crippen LogP contribution in [0.4, 0.5) is 0 Å². The summed E-state index contributed by atoms with van der Waals surface area (Å²) < 4.78 is 0. The highest BCUT2D eigenvalue weighted by molar-refractivity contribution is 6.35. The van der Waals surface area contributed by atoms with Crippen LogP contribution in [-0.2, 0) is 29.0 Å². The number of carbonyl (C=O) groups is 2. The molecule has 0 aliphatic rings. The summed E-state index contributed by atoms with van der Waals surface area (Å²) in [5.41, 5.74) is 2.51. The van der Waals surface area contributed by atoms with E-state index in [1.54, 1.807) is 35.2 Å². The maximum Gasteiger partial charge on any atom is 0.243 e. The Kier molecular flexibility index (Phi) is 10.5. The van der Waals surface area contributed by atoms with Gasteiger partial charge in [0.25, 0.3) is 0 Å². The predicted molar refractivity (Wildman–Crippen MR) is 144 cm³/mol. The van der Waals surface area contributed by atoms with Gasteiger partial charge in [0.15, 0.2) is 0 Å². The molecule has 1 atom stereocenters. The van der Waals surface area contributed by atoms with Crippen molar-refractivity contribution in [3.05, 3.63) is 105 Å². The fourth-order valence-electron chi connectivity index (χ4n) is 3.77. The Morgan fingerprint density at radius 2 is 1.57 bits per heavy atom. The van der Waals surface area contributed by atoms with E-state index in [1.165, 1.54) is 0 Å². The zero-order valence-corrected chi connectivity index (χ0v) is 21.9. The zero-order valence-electron chi connectivity index (χ0n) is 19.6. The van der Waals surface area contributed by atoms with Crippen molar-refractivity contribution in [2.75, 3.05) is 6.54 Å². The second-order valence-electron chi connectivity index (χ2n) is 8.41. The van der Waals surface area contributed by atoms with E-state index in [0.717, 1.165) is 29.5 Å². The first kappa shape index (κ1) is 27.1. The molecule has 0 radical (unpaired) electrons. The first-order valence-corrected chi connectivity index (χ1v) is 12.8. The fraction of sp³-hybridized carbons (Fsp3) is 0.286. The van der Waals surface area contributed by atoms with Crippen LogP contribution in [0, 0.1) is 0 Å². The lowest BCUT2D eigenvalue weighted by Crippen LogP contribution is -2.51. The molecule has 3 rings (SSSR count). The largest absolute Gasteiger partial charge is 0.354 e. The van der Waals surface area contributed by atoms with Crippen LogP contribution in [0.25, 0.3) is 0 Å². The van der Waals surface area contributed by atoms with E-state index in [1.807, 2.05) is 42.5 Å². The van der Waals surface area contributed by atoms with Crippen LogP contribution < -0.4 is 5.32 Å². The monoisotopic (exact) mass is 530 g/mol. The zero-order chi connectivity index (χ0) is 25.2. The molecule has 0 fully saturated rings. The van der Waals surface area contributed by atoms with E-state index in [2.05, 4.69) is 12.2 Å². The second-order valence-corrected chi connectivity index (χ2v) is 9.69. The first-order valence-electron chi connectivity index (χ1n) is 11.7. The smallest absolute Gasteiger partial charge is 0.243 e. The number of hydrogen-bond acceptors (Lipinski definition) is 2. The molecule has 0 spiro atoms. The fourth-order valence-corrected chi connectivity index (χ4v) is 4.37. The summed E-state index contributed by atoms with van der Waals surface area (Å²) in [6.07, 6.45) is 2.35. The van der Waals surface area contributed by atoms with Crippen molar-refractivity contribution in [1.29, 1.82) is 0 Å². The molecule has 3 aromatic rings. The van der Waals surface area contributed by atoms with Crippen LogP contribution in [-0.4, -0.2) is 29.3 Å². The van der Waals surface area contributed by atoms with Gasteiger partial charge in [0.1, 0.15) is 6.04 Å². The summed E-state index contributed by atoms with van der Waals surface area (Å²) in [4.78, 5) is 28.7. The number of benzene rings is 3. The SMILES string of the molecule is CCCCNC(=O)C(Cc1ccccc1)N(Cc1ccc(Cl)cc1Cl)C(=O)Cc1ccc(Cl)cc1. The molecule has 0 aliphatic carbocycles. The number of carbonyl (C=O) groups excluding carboxylic acids is 2. The highest BCUT2D eigenvalue weighted by atomic mass is 35.5. The molecule has 0 saturated carbocycles. The molecule has 0 saturated heterocycles. The van der Waals surface area contributed by atoms with Crippen LogP contribution in [0.1, 0.15) is 36.5 Å². The number of amides is 2. The average molecular weight is 532 g/mol. The van der Waals surface area contributed by atoms with Crippen LogP contribution in [0.5, 0.6) is 0 Å². The van der Waals surface area contributed by atoms with Crippen LogP contribution in [0.15, 0.2) is 72.8 Å². The maximum atomic E-state index is 13.7. The van der Waals surface area contributed by atoms with E-state index in [0.29, 0.717) is 28.0 Å².